The largest absolute Gasteiger partial charge is 0.493 e. The van der Waals surface area contributed by atoms with E-state index in [1.54, 1.807) is 14.2 Å². The number of hydrogen-bond donors (Lipinski definition) is 0. The number of methoxy groups -OCH3 is 2. The zero-order chi connectivity index (χ0) is 11.1. The average molecular weight is 210 g/mol. The fourth-order valence-corrected chi connectivity index (χ4v) is 1.27. The second-order valence-corrected chi connectivity index (χ2v) is 3.23. The van der Waals surface area contributed by atoms with Crippen LogP contribution in [0.5, 0.6) is 11.5 Å². The summed E-state index contributed by atoms with van der Waals surface area (Å²) in [5, 5.41) is 0. The van der Waals surface area contributed by atoms with Gasteiger partial charge in [-0.2, -0.15) is 0 Å². The SMILES string of the molecule is CCC(COc1ccccc1OC)OC. The van der Waals surface area contributed by atoms with Crippen LogP contribution in [0.3, 0.4) is 0 Å². The quantitative estimate of drug-likeness (QED) is 0.722. The Morgan fingerprint density at radius 2 is 1.80 bits per heavy atom. The Labute approximate surface area is 91.0 Å². The van der Waals surface area contributed by atoms with Gasteiger partial charge in [-0.25, -0.2) is 0 Å². The van der Waals surface area contributed by atoms with Crippen LogP contribution in [0.25, 0.3) is 0 Å². The topological polar surface area (TPSA) is 27.7 Å². The van der Waals surface area contributed by atoms with Crippen molar-refractivity contribution in [1.29, 1.82) is 0 Å². The Morgan fingerprint density at radius 1 is 1.13 bits per heavy atom. The molecule has 1 unspecified atom stereocenters. The molecule has 0 aromatic heterocycles. The van der Waals surface area contributed by atoms with Crippen molar-refractivity contribution < 1.29 is 14.2 Å². The predicted molar refractivity (Wildman–Crippen MR) is 59.6 cm³/mol. The Morgan fingerprint density at radius 3 is 2.33 bits per heavy atom. The summed E-state index contributed by atoms with van der Waals surface area (Å²) in [7, 11) is 3.33. The molecule has 0 radical (unpaired) electrons. The highest BCUT2D eigenvalue weighted by Gasteiger charge is 2.07. The highest BCUT2D eigenvalue weighted by molar-refractivity contribution is 5.39. The summed E-state index contributed by atoms with van der Waals surface area (Å²) in [5.41, 5.74) is 0. The van der Waals surface area contributed by atoms with Crippen LogP contribution in [0.1, 0.15) is 13.3 Å². The molecule has 0 heterocycles. The molecule has 0 aliphatic heterocycles. The van der Waals surface area contributed by atoms with E-state index in [9.17, 15) is 0 Å². The monoisotopic (exact) mass is 210 g/mol. The van der Waals surface area contributed by atoms with Crippen LogP contribution in [0.2, 0.25) is 0 Å². The molecule has 0 saturated heterocycles. The molecule has 1 rings (SSSR count). The maximum Gasteiger partial charge on any atom is 0.161 e. The third kappa shape index (κ3) is 3.44. The van der Waals surface area contributed by atoms with Gasteiger partial charge >= 0.3 is 0 Å². The highest BCUT2D eigenvalue weighted by Crippen LogP contribution is 2.25. The van der Waals surface area contributed by atoms with E-state index in [0.717, 1.165) is 17.9 Å². The standard InChI is InChI=1S/C12H18O3/c1-4-10(13-2)9-15-12-8-6-5-7-11(12)14-3/h5-8,10H,4,9H2,1-3H3. The zero-order valence-electron chi connectivity index (χ0n) is 9.53. The first-order valence-electron chi connectivity index (χ1n) is 5.10. The molecule has 3 nitrogen and oxygen atoms in total. The van der Waals surface area contributed by atoms with Crippen molar-refractivity contribution >= 4 is 0 Å². The summed E-state index contributed by atoms with van der Waals surface area (Å²) in [5.74, 6) is 1.51. The van der Waals surface area contributed by atoms with Crippen LogP contribution < -0.4 is 9.47 Å². The molecular weight excluding hydrogens is 192 g/mol. The lowest BCUT2D eigenvalue weighted by Gasteiger charge is -2.15. The molecule has 1 aromatic carbocycles. The smallest absolute Gasteiger partial charge is 0.161 e. The lowest BCUT2D eigenvalue weighted by molar-refractivity contribution is 0.0547. The summed E-state index contributed by atoms with van der Waals surface area (Å²) < 4.78 is 16.0. The van der Waals surface area contributed by atoms with E-state index >= 15 is 0 Å². The van der Waals surface area contributed by atoms with Crippen molar-refractivity contribution in [1.82, 2.24) is 0 Å². The summed E-state index contributed by atoms with van der Waals surface area (Å²) in [6, 6.07) is 7.61. The maximum atomic E-state index is 5.62. The van der Waals surface area contributed by atoms with Gasteiger partial charge in [0.2, 0.25) is 0 Å². The first-order valence-corrected chi connectivity index (χ1v) is 5.10. The van der Waals surface area contributed by atoms with Gasteiger partial charge in [0.25, 0.3) is 0 Å². The minimum Gasteiger partial charge on any atom is -0.493 e. The lowest BCUT2D eigenvalue weighted by atomic mass is 10.3. The van der Waals surface area contributed by atoms with Gasteiger partial charge in [-0.3, -0.25) is 0 Å². The number of rotatable bonds is 6. The summed E-state index contributed by atoms with van der Waals surface area (Å²) in [6.07, 6.45) is 1.07. The number of hydrogen-bond acceptors (Lipinski definition) is 3. The molecule has 1 aromatic rings. The van der Waals surface area contributed by atoms with E-state index in [1.807, 2.05) is 24.3 Å². The van der Waals surface area contributed by atoms with Crippen molar-refractivity contribution in [3.05, 3.63) is 24.3 Å². The summed E-state index contributed by atoms with van der Waals surface area (Å²) >= 11 is 0. The molecule has 0 amide bonds. The van der Waals surface area contributed by atoms with Gasteiger partial charge < -0.3 is 14.2 Å². The third-order valence-corrected chi connectivity index (χ3v) is 2.28. The first-order chi connectivity index (χ1) is 7.31. The van der Waals surface area contributed by atoms with Crippen molar-refractivity contribution in [3.63, 3.8) is 0 Å². The maximum absolute atomic E-state index is 5.62. The van der Waals surface area contributed by atoms with E-state index < -0.39 is 0 Å². The second-order valence-electron chi connectivity index (χ2n) is 3.23. The Kier molecular flexibility index (Phi) is 4.98. The summed E-state index contributed by atoms with van der Waals surface area (Å²) in [4.78, 5) is 0. The molecule has 0 fully saturated rings. The van der Waals surface area contributed by atoms with Crippen LogP contribution in [-0.4, -0.2) is 26.9 Å². The van der Waals surface area contributed by atoms with Crippen LogP contribution in [-0.2, 0) is 4.74 Å². The van der Waals surface area contributed by atoms with Crippen LogP contribution in [0, 0.1) is 0 Å². The van der Waals surface area contributed by atoms with Gasteiger partial charge in [-0.05, 0) is 18.6 Å². The van der Waals surface area contributed by atoms with Crippen molar-refractivity contribution in [2.75, 3.05) is 20.8 Å². The molecular formula is C12H18O3. The molecule has 3 heteroatoms. The molecule has 84 valence electrons. The van der Waals surface area contributed by atoms with Crippen molar-refractivity contribution in [2.24, 2.45) is 0 Å². The van der Waals surface area contributed by atoms with E-state index in [4.69, 9.17) is 14.2 Å². The highest BCUT2D eigenvalue weighted by atomic mass is 16.5. The first kappa shape index (κ1) is 11.9. The summed E-state index contributed by atoms with van der Waals surface area (Å²) in [6.45, 7) is 2.62. The fraction of sp³-hybridized carbons (Fsp3) is 0.500. The van der Waals surface area contributed by atoms with Gasteiger partial charge in [-0.1, -0.05) is 19.1 Å². The third-order valence-electron chi connectivity index (χ3n) is 2.28. The molecule has 0 N–H and O–H groups in total. The molecule has 0 saturated carbocycles. The second kappa shape index (κ2) is 6.30. The van der Waals surface area contributed by atoms with Crippen LogP contribution in [0.4, 0.5) is 0 Å². The normalized spacial score (nSPS) is 12.2. The average Bonchev–Trinajstić information content (AvgIpc) is 2.31. The number of benzene rings is 1. The predicted octanol–water partition coefficient (Wildman–Crippen LogP) is 2.50. The number of para-hydroxylation sites is 2. The van der Waals surface area contributed by atoms with E-state index in [2.05, 4.69) is 6.92 Å². The molecule has 0 aliphatic rings. The minimum atomic E-state index is 0.134. The van der Waals surface area contributed by atoms with Gasteiger partial charge in [0.05, 0.1) is 13.2 Å². The Hall–Kier alpha value is -1.22. The Bertz CT molecular complexity index is 282. The van der Waals surface area contributed by atoms with Crippen LogP contribution >= 0.6 is 0 Å². The zero-order valence-corrected chi connectivity index (χ0v) is 9.53. The van der Waals surface area contributed by atoms with Gasteiger partial charge in [0, 0.05) is 7.11 Å². The molecule has 0 aliphatic carbocycles. The van der Waals surface area contributed by atoms with Gasteiger partial charge in [0.15, 0.2) is 11.5 Å². The van der Waals surface area contributed by atoms with Gasteiger partial charge in [0.1, 0.15) is 6.61 Å². The number of ether oxygens (including phenoxy) is 3. The minimum absolute atomic E-state index is 0.134. The molecule has 15 heavy (non-hydrogen) atoms. The van der Waals surface area contributed by atoms with Gasteiger partial charge in [-0.15, -0.1) is 0 Å². The van der Waals surface area contributed by atoms with E-state index in [1.165, 1.54) is 0 Å². The van der Waals surface area contributed by atoms with E-state index in [0.29, 0.717) is 6.61 Å². The van der Waals surface area contributed by atoms with E-state index in [-0.39, 0.29) is 6.10 Å². The molecule has 0 spiro atoms. The van der Waals surface area contributed by atoms with Crippen molar-refractivity contribution in [2.45, 2.75) is 19.4 Å². The Balaban J connectivity index is 2.56. The molecule has 0 bridgehead atoms. The van der Waals surface area contributed by atoms with Crippen molar-refractivity contribution in [3.8, 4) is 11.5 Å². The fourth-order valence-electron chi connectivity index (χ4n) is 1.27. The lowest BCUT2D eigenvalue weighted by Crippen LogP contribution is -2.19. The van der Waals surface area contributed by atoms with Crippen LogP contribution in [0.15, 0.2) is 24.3 Å². The molecule has 1 atom stereocenters.